The fourth-order valence-corrected chi connectivity index (χ4v) is 3.16. The molecule has 2 aromatic rings. The number of likely N-dealkylation sites (tertiary alicyclic amines) is 1. The molecule has 3 rings (SSSR count). The second kappa shape index (κ2) is 6.65. The van der Waals surface area contributed by atoms with Crippen molar-refractivity contribution >= 4 is 10.8 Å². The van der Waals surface area contributed by atoms with Gasteiger partial charge in [0.25, 0.3) is 0 Å². The predicted molar refractivity (Wildman–Crippen MR) is 87.0 cm³/mol. The average Bonchev–Trinajstić information content (AvgIpc) is 2.54. The van der Waals surface area contributed by atoms with Crippen LogP contribution in [0.5, 0.6) is 5.75 Å². The van der Waals surface area contributed by atoms with Crippen molar-refractivity contribution in [1.82, 2.24) is 4.90 Å². The molecule has 0 spiro atoms. The molecular weight excluding hydrogens is 278 g/mol. The normalized spacial score (nSPS) is 22.9. The number of rotatable bonds is 4. The molecule has 0 bridgehead atoms. The largest absolute Gasteiger partial charge is 0.497 e. The zero-order valence-electron chi connectivity index (χ0n) is 12.9. The van der Waals surface area contributed by atoms with E-state index in [4.69, 9.17) is 4.74 Å². The lowest BCUT2D eigenvalue weighted by atomic mass is 9.94. The van der Waals surface area contributed by atoms with E-state index in [-0.39, 0.29) is 12.5 Å². The number of benzene rings is 2. The van der Waals surface area contributed by atoms with Gasteiger partial charge < -0.3 is 14.9 Å². The Morgan fingerprint density at radius 1 is 1.18 bits per heavy atom. The molecule has 1 aliphatic heterocycles. The van der Waals surface area contributed by atoms with Crippen LogP contribution in [0, 0.1) is 5.92 Å². The Morgan fingerprint density at radius 2 is 1.95 bits per heavy atom. The van der Waals surface area contributed by atoms with Crippen LogP contribution < -0.4 is 4.74 Å². The highest BCUT2D eigenvalue weighted by Crippen LogP contribution is 2.24. The van der Waals surface area contributed by atoms with E-state index in [2.05, 4.69) is 29.2 Å². The van der Waals surface area contributed by atoms with E-state index in [1.165, 1.54) is 16.3 Å². The minimum atomic E-state index is -0.427. The average molecular weight is 301 g/mol. The molecular formula is C18H23NO3. The van der Waals surface area contributed by atoms with Gasteiger partial charge in [-0.05, 0) is 47.5 Å². The van der Waals surface area contributed by atoms with Crippen LogP contribution in [0.2, 0.25) is 0 Å². The first-order chi connectivity index (χ1) is 10.7. The third-order valence-corrected chi connectivity index (χ3v) is 4.56. The number of hydrogen-bond acceptors (Lipinski definition) is 4. The van der Waals surface area contributed by atoms with Crippen molar-refractivity contribution in [2.24, 2.45) is 5.92 Å². The summed E-state index contributed by atoms with van der Waals surface area (Å²) in [5.74, 6) is 0.898. The first-order valence-corrected chi connectivity index (χ1v) is 7.77. The molecule has 0 amide bonds. The molecule has 0 aromatic heterocycles. The summed E-state index contributed by atoms with van der Waals surface area (Å²) in [6, 6.07) is 12.5. The van der Waals surface area contributed by atoms with E-state index < -0.39 is 6.10 Å². The van der Waals surface area contributed by atoms with Crippen LogP contribution in [0.3, 0.4) is 0 Å². The lowest BCUT2D eigenvalue weighted by Crippen LogP contribution is -2.44. The van der Waals surface area contributed by atoms with Gasteiger partial charge in [-0.3, -0.25) is 4.90 Å². The van der Waals surface area contributed by atoms with Gasteiger partial charge in [0.2, 0.25) is 0 Å². The minimum Gasteiger partial charge on any atom is -0.497 e. The maximum absolute atomic E-state index is 10.0. The third kappa shape index (κ3) is 3.24. The standard InChI is InChI=1S/C18H23NO3/c1-22-17-5-4-14-8-13(2-3-15(14)9-17)10-19-7-6-16(12-20)18(21)11-19/h2-5,8-9,16,18,20-21H,6-7,10-12H2,1H3/t16-,18-/m1/s1. The van der Waals surface area contributed by atoms with E-state index >= 15 is 0 Å². The molecule has 0 saturated carbocycles. The van der Waals surface area contributed by atoms with E-state index in [0.717, 1.165) is 25.3 Å². The number of aliphatic hydroxyl groups is 2. The summed E-state index contributed by atoms with van der Waals surface area (Å²) in [5.41, 5.74) is 1.24. The molecule has 1 saturated heterocycles. The van der Waals surface area contributed by atoms with E-state index in [9.17, 15) is 10.2 Å². The molecule has 0 aliphatic carbocycles. The number of methoxy groups -OCH3 is 1. The van der Waals surface area contributed by atoms with Gasteiger partial charge in [-0.15, -0.1) is 0 Å². The number of hydrogen-bond donors (Lipinski definition) is 2. The molecule has 2 atom stereocenters. The van der Waals surface area contributed by atoms with Gasteiger partial charge >= 0.3 is 0 Å². The van der Waals surface area contributed by atoms with Crippen molar-refractivity contribution in [1.29, 1.82) is 0 Å². The highest BCUT2D eigenvalue weighted by atomic mass is 16.5. The van der Waals surface area contributed by atoms with Crippen LogP contribution >= 0.6 is 0 Å². The molecule has 2 aromatic carbocycles. The van der Waals surface area contributed by atoms with Crippen LogP contribution in [-0.2, 0) is 6.54 Å². The first kappa shape index (κ1) is 15.3. The number of β-amino-alcohol motifs (C(OH)–C–C–N with tert-alkyl or cyclic N) is 1. The van der Waals surface area contributed by atoms with Crippen molar-refractivity contribution in [3.05, 3.63) is 42.0 Å². The Morgan fingerprint density at radius 3 is 2.68 bits per heavy atom. The Hall–Kier alpha value is -1.62. The SMILES string of the molecule is COc1ccc2cc(CN3CC[C@H](CO)[C@H](O)C3)ccc2c1. The molecule has 1 heterocycles. The van der Waals surface area contributed by atoms with Gasteiger partial charge in [-0.1, -0.05) is 18.2 Å². The van der Waals surface area contributed by atoms with Crippen molar-refractivity contribution in [3.8, 4) is 5.75 Å². The highest BCUT2D eigenvalue weighted by molar-refractivity contribution is 5.84. The Balaban J connectivity index is 1.72. The molecule has 22 heavy (non-hydrogen) atoms. The number of piperidine rings is 1. The molecule has 4 heteroatoms. The summed E-state index contributed by atoms with van der Waals surface area (Å²) in [7, 11) is 1.68. The summed E-state index contributed by atoms with van der Waals surface area (Å²) in [4.78, 5) is 2.25. The molecule has 0 unspecified atom stereocenters. The van der Waals surface area contributed by atoms with Crippen LogP contribution in [-0.4, -0.2) is 48.0 Å². The summed E-state index contributed by atoms with van der Waals surface area (Å²) < 4.78 is 5.25. The van der Waals surface area contributed by atoms with Gasteiger partial charge in [-0.2, -0.15) is 0 Å². The summed E-state index contributed by atoms with van der Waals surface area (Å²) >= 11 is 0. The number of ether oxygens (including phenoxy) is 1. The Labute approximate surface area is 130 Å². The molecule has 0 radical (unpaired) electrons. The molecule has 4 nitrogen and oxygen atoms in total. The smallest absolute Gasteiger partial charge is 0.119 e. The molecule has 1 fully saturated rings. The fourth-order valence-electron chi connectivity index (χ4n) is 3.16. The number of fused-ring (bicyclic) bond motifs is 1. The van der Waals surface area contributed by atoms with Gasteiger partial charge in [0.15, 0.2) is 0 Å². The monoisotopic (exact) mass is 301 g/mol. The third-order valence-electron chi connectivity index (χ3n) is 4.56. The van der Waals surface area contributed by atoms with Crippen molar-refractivity contribution in [3.63, 3.8) is 0 Å². The second-order valence-corrected chi connectivity index (χ2v) is 6.08. The van der Waals surface area contributed by atoms with E-state index in [1.807, 2.05) is 12.1 Å². The van der Waals surface area contributed by atoms with Gasteiger partial charge in [0.05, 0.1) is 13.2 Å². The maximum atomic E-state index is 10.0. The van der Waals surface area contributed by atoms with E-state index in [0.29, 0.717) is 6.54 Å². The van der Waals surface area contributed by atoms with Gasteiger partial charge in [-0.25, -0.2) is 0 Å². The maximum Gasteiger partial charge on any atom is 0.119 e. The predicted octanol–water partition coefficient (Wildman–Crippen LogP) is 2.02. The number of nitrogens with zero attached hydrogens (tertiary/aromatic N) is 1. The van der Waals surface area contributed by atoms with Crippen molar-refractivity contribution in [2.75, 3.05) is 26.8 Å². The van der Waals surface area contributed by atoms with Crippen molar-refractivity contribution in [2.45, 2.75) is 19.1 Å². The summed E-state index contributed by atoms with van der Waals surface area (Å²) in [6.07, 6.45) is 0.422. The summed E-state index contributed by atoms with van der Waals surface area (Å²) in [6.45, 7) is 2.46. The highest BCUT2D eigenvalue weighted by Gasteiger charge is 2.26. The topological polar surface area (TPSA) is 52.9 Å². The lowest BCUT2D eigenvalue weighted by molar-refractivity contribution is -0.00442. The Kier molecular flexibility index (Phi) is 4.62. The zero-order valence-corrected chi connectivity index (χ0v) is 12.9. The first-order valence-electron chi connectivity index (χ1n) is 7.77. The van der Waals surface area contributed by atoms with Gasteiger partial charge in [0.1, 0.15) is 5.75 Å². The molecule has 2 N–H and O–H groups in total. The van der Waals surface area contributed by atoms with Crippen LogP contribution in [0.15, 0.2) is 36.4 Å². The fraction of sp³-hybridized carbons (Fsp3) is 0.444. The van der Waals surface area contributed by atoms with Crippen LogP contribution in [0.1, 0.15) is 12.0 Å². The summed E-state index contributed by atoms with van der Waals surface area (Å²) in [5, 5.41) is 21.6. The quantitative estimate of drug-likeness (QED) is 0.907. The molecule has 1 aliphatic rings. The van der Waals surface area contributed by atoms with Crippen LogP contribution in [0.25, 0.3) is 10.8 Å². The lowest BCUT2D eigenvalue weighted by Gasteiger charge is -2.35. The van der Waals surface area contributed by atoms with Crippen molar-refractivity contribution < 1.29 is 14.9 Å². The minimum absolute atomic E-state index is 0.0281. The zero-order chi connectivity index (χ0) is 15.5. The van der Waals surface area contributed by atoms with E-state index in [1.54, 1.807) is 7.11 Å². The second-order valence-electron chi connectivity index (χ2n) is 6.08. The molecule has 118 valence electrons. The Bertz CT molecular complexity index is 643. The van der Waals surface area contributed by atoms with Gasteiger partial charge in [0, 0.05) is 25.6 Å². The number of aliphatic hydroxyl groups excluding tert-OH is 2. The van der Waals surface area contributed by atoms with Crippen LogP contribution in [0.4, 0.5) is 0 Å².